The highest BCUT2D eigenvalue weighted by Gasteiger charge is 2.32. The fourth-order valence-corrected chi connectivity index (χ4v) is 4.68. The highest BCUT2D eigenvalue weighted by Crippen LogP contribution is 2.35. The van der Waals surface area contributed by atoms with Gasteiger partial charge in [-0.1, -0.05) is 38.1 Å². The molecule has 11 heteroatoms. The molecule has 1 aliphatic heterocycles. The zero-order valence-electron chi connectivity index (χ0n) is 21.7. The van der Waals surface area contributed by atoms with Crippen molar-refractivity contribution in [2.75, 3.05) is 11.1 Å². The minimum Gasteiger partial charge on any atom is -0.399 e. The van der Waals surface area contributed by atoms with Crippen LogP contribution in [0.1, 0.15) is 42.5 Å². The Bertz CT molecular complexity index is 1460. The van der Waals surface area contributed by atoms with Gasteiger partial charge in [0.2, 0.25) is 5.91 Å². The van der Waals surface area contributed by atoms with Crippen LogP contribution in [-0.2, 0) is 30.5 Å². The van der Waals surface area contributed by atoms with Gasteiger partial charge in [0.1, 0.15) is 18.1 Å². The summed E-state index contributed by atoms with van der Waals surface area (Å²) in [4.78, 5) is 26.7. The summed E-state index contributed by atoms with van der Waals surface area (Å²) in [5.74, 6) is -0.315. The number of aryl methyl sites for hydroxylation is 1. The molecule has 206 valence electrons. The molecule has 39 heavy (non-hydrogen) atoms. The third-order valence-corrected chi connectivity index (χ3v) is 6.88. The number of amides is 1. The lowest BCUT2D eigenvalue weighted by Crippen LogP contribution is -2.38. The van der Waals surface area contributed by atoms with E-state index in [1.165, 1.54) is 10.6 Å². The van der Waals surface area contributed by atoms with E-state index in [-0.39, 0.29) is 41.3 Å². The van der Waals surface area contributed by atoms with Crippen molar-refractivity contribution in [3.63, 3.8) is 0 Å². The third kappa shape index (κ3) is 6.24. The molecule has 0 saturated carbocycles. The fourth-order valence-electron chi connectivity index (χ4n) is 4.68. The van der Waals surface area contributed by atoms with Crippen LogP contribution in [0.25, 0.3) is 11.3 Å². The van der Waals surface area contributed by atoms with Gasteiger partial charge in [-0.25, -0.2) is 0 Å². The highest BCUT2D eigenvalue weighted by molar-refractivity contribution is 5.94. The van der Waals surface area contributed by atoms with Crippen LogP contribution >= 0.6 is 0 Å². The van der Waals surface area contributed by atoms with E-state index in [4.69, 9.17) is 16.9 Å². The van der Waals surface area contributed by atoms with E-state index in [0.717, 1.165) is 24.1 Å². The van der Waals surface area contributed by atoms with E-state index < -0.39 is 29.8 Å². The number of nitrogens with two attached hydrogens (primary N) is 2. The van der Waals surface area contributed by atoms with Crippen LogP contribution in [0.3, 0.4) is 0 Å². The van der Waals surface area contributed by atoms with E-state index >= 15 is 0 Å². The second kappa shape index (κ2) is 10.8. The number of aromatic nitrogens is 1. The summed E-state index contributed by atoms with van der Waals surface area (Å²) in [6.07, 6.45) is -3.29. The van der Waals surface area contributed by atoms with Gasteiger partial charge in [0.15, 0.2) is 0 Å². The van der Waals surface area contributed by atoms with Gasteiger partial charge in [0.05, 0.1) is 11.3 Å². The Morgan fingerprint density at radius 1 is 1.18 bits per heavy atom. The lowest BCUT2D eigenvalue weighted by atomic mass is 9.91. The highest BCUT2D eigenvalue weighted by atomic mass is 19.4. The Balaban J connectivity index is 1.71. The van der Waals surface area contributed by atoms with Crippen LogP contribution in [-0.4, -0.2) is 22.4 Å². The number of nitrogens with one attached hydrogen (secondary N) is 3. The Labute approximate surface area is 223 Å². The molecule has 1 unspecified atom stereocenters. The number of pyridine rings is 1. The van der Waals surface area contributed by atoms with Gasteiger partial charge in [-0.3, -0.25) is 19.6 Å². The van der Waals surface area contributed by atoms with Gasteiger partial charge in [0, 0.05) is 29.4 Å². The van der Waals surface area contributed by atoms with Crippen LogP contribution in [0, 0.1) is 11.3 Å². The first kappa shape index (κ1) is 27.7. The summed E-state index contributed by atoms with van der Waals surface area (Å²) >= 11 is 0. The van der Waals surface area contributed by atoms with Crippen molar-refractivity contribution in [2.45, 2.75) is 52.0 Å². The first-order valence-corrected chi connectivity index (χ1v) is 12.5. The van der Waals surface area contributed by atoms with Crippen molar-refractivity contribution in [3.8, 4) is 11.3 Å². The smallest absolute Gasteiger partial charge is 0.399 e. The molecule has 0 spiro atoms. The standard InChI is InChI=1S/C28H31F3N6O2/c1-15(2)22-8-7-18-11-23(19-9-20(28(29,30)31)12-21(32)10-19)37(27(39)25(18)36-22)14-24(38)35-13-16-3-5-17(6-4-16)26(33)34/h3-6,9-12,15,22,36H,7-8,13-14,32H2,1-2H3,(H3,33,34)(H,35,38). The molecule has 7 N–H and O–H groups in total. The first-order chi connectivity index (χ1) is 18.3. The van der Waals surface area contributed by atoms with Crippen molar-refractivity contribution >= 4 is 23.1 Å². The zero-order valence-corrected chi connectivity index (χ0v) is 21.7. The fraction of sp³-hybridized carbons (Fsp3) is 0.321. The second-order valence-electron chi connectivity index (χ2n) is 10.1. The topological polar surface area (TPSA) is 139 Å². The Morgan fingerprint density at radius 2 is 1.87 bits per heavy atom. The van der Waals surface area contributed by atoms with Gasteiger partial charge in [-0.15, -0.1) is 0 Å². The van der Waals surface area contributed by atoms with E-state index in [1.807, 2.05) is 13.8 Å². The van der Waals surface area contributed by atoms with E-state index in [1.54, 1.807) is 30.3 Å². The predicted molar refractivity (Wildman–Crippen MR) is 145 cm³/mol. The Kier molecular flexibility index (Phi) is 7.71. The van der Waals surface area contributed by atoms with Crippen LogP contribution in [0.5, 0.6) is 0 Å². The maximum absolute atomic E-state index is 13.7. The van der Waals surface area contributed by atoms with Crippen LogP contribution in [0.4, 0.5) is 24.5 Å². The number of fused-ring (bicyclic) bond motifs is 1. The number of benzene rings is 2. The second-order valence-corrected chi connectivity index (χ2v) is 10.1. The van der Waals surface area contributed by atoms with E-state index in [9.17, 15) is 22.8 Å². The number of hydrogen-bond acceptors (Lipinski definition) is 5. The maximum Gasteiger partial charge on any atom is 0.416 e. The van der Waals surface area contributed by atoms with E-state index in [2.05, 4.69) is 10.6 Å². The number of amidine groups is 1. The molecule has 0 bridgehead atoms. The van der Waals surface area contributed by atoms with Crippen molar-refractivity contribution in [3.05, 3.63) is 81.1 Å². The van der Waals surface area contributed by atoms with Crippen LogP contribution < -0.4 is 27.7 Å². The average Bonchev–Trinajstić information content (AvgIpc) is 2.88. The van der Waals surface area contributed by atoms with Crippen molar-refractivity contribution in [2.24, 2.45) is 11.7 Å². The average molecular weight is 541 g/mol. The van der Waals surface area contributed by atoms with Crippen molar-refractivity contribution < 1.29 is 18.0 Å². The number of rotatable bonds is 7. The van der Waals surface area contributed by atoms with Gasteiger partial charge in [-0.2, -0.15) is 13.2 Å². The Hall–Kier alpha value is -4.28. The van der Waals surface area contributed by atoms with Crippen LogP contribution in [0.15, 0.2) is 53.3 Å². The van der Waals surface area contributed by atoms with Gasteiger partial charge in [-0.05, 0) is 54.2 Å². The molecule has 2 aromatic carbocycles. The lowest BCUT2D eigenvalue weighted by molar-refractivity contribution is -0.137. The monoisotopic (exact) mass is 540 g/mol. The molecule has 1 aliphatic rings. The SMILES string of the molecule is CC(C)C1CCc2cc(-c3cc(N)cc(C(F)(F)F)c3)n(CC(=O)NCc3ccc(C(=N)N)cc3)c(=O)c2N1. The minimum atomic E-state index is -4.63. The molecule has 1 aromatic heterocycles. The van der Waals surface area contributed by atoms with Gasteiger partial charge >= 0.3 is 6.18 Å². The van der Waals surface area contributed by atoms with Gasteiger partial charge < -0.3 is 22.1 Å². The number of carbonyl (C=O) groups excluding carboxylic acids is 1. The summed E-state index contributed by atoms with van der Waals surface area (Å²) in [6.45, 7) is 3.82. The quantitative estimate of drug-likeness (QED) is 0.174. The van der Waals surface area contributed by atoms with Crippen LogP contribution in [0.2, 0.25) is 0 Å². The number of nitrogen functional groups attached to an aromatic ring is 2. The number of alkyl halides is 3. The minimum absolute atomic E-state index is 0.0560. The first-order valence-electron chi connectivity index (χ1n) is 12.5. The number of hydrogen-bond donors (Lipinski definition) is 5. The molecule has 0 aliphatic carbocycles. The summed E-state index contributed by atoms with van der Waals surface area (Å²) in [6, 6.07) is 11.6. The molecule has 1 amide bonds. The molecular weight excluding hydrogens is 509 g/mol. The largest absolute Gasteiger partial charge is 0.416 e. The summed E-state index contributed by atoms with van der Waals surface area (Å²) in [5.41, 5.74) is 12.4. The lowest BCUT2D eigenvalue weighted by Gasteiger charge is -2.30. The number of nitrogens with zero attached hydrogens (tertiary/aromatic N) is 1. The normalized spacial score (nSPS) is 15.0. The molecular formula is C28H31F3N6O2. The van der Waals surface area contributed by atoms with Crippen molar-refractivity contribution in [1.82, 2.24) is 9.88 Å². The molecule has 8 nitrogen and oxygen atoms in total. The zero-order chi connectivity index (χ0) is 28.5. The molecule has 2 heterocycles. The molecule has 0 saturated heterocycles. The van der Waals surface area contributed by atoms with Gasteiger partial charge in [0.25, 0.3) is 5.56 Å². The molecule has 1 atom stereocenters. The number of carbonyl (C=O) groups is 1. The van der Waals surface area contributed by atoms with E-state index in [0.29, 0.717) is 23.2 Å². The molecule has 0 fully saturated rings. The summed E-state index contributed by atoms with van der Waals surface area (Å²) < 4.78 is 41.9. The number of halogens is 3. The number of anilines is 2. The maximum atomic E-state index is 13.7. The van der Waals surface area contributed by atoms with Crippen molar-refractivity contribution in [1.29, 1.82) is 5.41 Å². The predicted octanol–water partition coefficient (Wildman–Crippen LogP) is 4.10. The third-order valence-electron chi connectivity index (χ3n) is 6.88. The Morgan fingerprint density at radius 3 is 2.49 bits per heavy atom. The summed E-state index contributed by atoms with van der Waals surface area (Å²) in [5, 5.41) is 13.5. The summed E-state index contributed by atoms with van der Waals surface area (Å²) in [7, 11) is 0. The molecule has 3 aromatic rings. The molecule has 0 radical (unpaired) electrons. The molecule has 4 rings (SSSR count).